The zero-order valence-corrected chi connectivity index (χ0v) is 8.50. The predicted molar refractivity (Wildman–Crippen MR) is 54.2 cm³/mol. The van der Waals surface area contributed by atoms with Crippen LogP contribution in [0.1, 0.15) is 12.1 Å². The molecule has 0 bridgehead atoms. The van der Waals surface area contributed by atoms with E-state index < -0.39 is 0 Å². The molecule has 0 amide bonds. The van der Waals surface area contributed by atoms with Crippen LogP contribution < -0.4 is 5.73 Å². The van der Waals surface area contributed by atoms with Crippen molar-refractivity contribution in [2.24, 2.45) is 5.73 Å². The maximum atomic E-state index is 9.32. The minimum absolute atomic E-state index is 0.0905. The molecule has 1 aromatic rings. The van der Waals surface area contributed by atoms with E-state index in [4.69, 9.17) is 5.73 Å². The van der Waals surface area contributed by atoms with Crippen molar-refractivity contribution in [1.29, 1.82) is 0 Å². The minimum atomic E-state index is 0.0905. The molecule has 0 radical (unpaired) electrons. The molecule has 0 saturated heterocycles. The van der Waals surface area contributed by atoms with Crippen LogP contribution in [0.15, 0.2) is 16.7 Å². The zero-order valence-electron chi connectivity index (χ0n) is 6.92. The first-order valence-electron chi connectivity index (χ1n) is 3.78. The van der Waals surface area contributed by atoms with Gasteiger partial charge in [-0.15, -0.1) is 0 Å². The van der Waals surface area contributed by atoms with Gasteiger partial charge in [-0.2, -0.15) is 0 Å². The molecule has 1 heterocycles. The smallest absolute Gasteiger partial charge is 0.156 e. The van der Waals surface area contributed by atoms with Crippen LogP contribution in [-0.4, -0.2) is 16.6 Å². The van der Waals surface area contributed by atoms with E-state index >= 15 is 0 Å². The summed E-state index contributed by atoms with van der Waals surface area (Å²) in [6, 6.07) is 3.20. The van der Waals surface area contributed by atoms with Crippen molar-refractivity contribution in [1.82, 2.24) is 4.98 Å². The van der Waals surface area contributed by atoms with E-state index in [0.717, 1.165) is 0 Å². The van der Waals surface area contributed by atoms with Gasteiger partial charge in [-0.1, -0.05) is 5.92 Å². The molecule has 1 aromatic heterocycles. The van der Waals surface area contributed by atoms with Crippen molar-refractivity contribution in [2.75, 3.05) is 6.54 Å². The van der Waals surface area contributed by atoms with E-state index in [1.165, 1.54) is 0 Å². The molecule has 0 atom stereocenters. The first-order valence-corrected chi connectivity index (χ1v) is 4.58. The lowest BCUT2D eigenvalue weighted by molar-refractivity contribution is 0.470. The molecular weight excluding hydrogens is 232 g/mol. The second-order valence-corrected chi connectivity index (χ2v) is 3.15. The molecular formula is C9H9BrN2O. The maximum Gasteiger partial charge on any atom is 0.156 e. The van der Waals surface area contributed by atoms with Crippen molar-refractivity contribution < 1.29 is 5.11 Å². The third-order valence-corrected chi connectivity index (χ3v) is 1.76. The van der Waals surface area contributed by atoms with Gasteiger partial charge in [0.15, 0.2) is 5.69 Å². The Morgan fingerprint density at radius 1 is 1.54 bits per heavy atom. The van der Waals surface area contributed by atoms with Crippen LogP contribution in [0, 0.1) is 11.8 Å². The Labute approximate surface area is 85.1 Å². The summed E-state index contributed by atoms with van der Waals surface area (Å²) in [6.07, 6.45) is 0.605. The summed E-state index contributed by atoms with van der Waals surface area (Å²) >= 11 is 3.19. The van der Waals surface area contributed by atoms with Gasteiger partial charge in [-0.3, -0.25) is 0 Å². The van der Waals surface area contributed by atoms with Gasteiger partial charge >= 0.3 is 0 Å². The summed E-state index contributed by atoms with van der Waals surface area (Å²) in [6.45, 7) is 0.516. The van der Waals surface area contributed by atoms with Gasteiger partial charge in [-0.05, 0) is 34.0 Å². The van der Waals surface area contributed by atoms with Crippen LogP contribution in [0.4, 0.5) is 0 Å². The zero-order chi connectivity index (χ0) is 9.68. The molecule has 0 fully saturated rings. The number of halogens is 1. The molecule has 0 aromatic carbocycles. The van der Waals surface area contributed by atoms with Gasteiger partial charge in [0.05, 0.1) is 0 Å². The van der Waals surface area contributed by atoms with Gasteiger partial charge < -0.3 is 10.8 Å². The molecule has 13 heavy (non-hydrogen) atoms. The fourth-order valence-electron chi connectivity index (χ4n) is 0.738. The number of aromatic hydroxyl groups is 1. The summed E-state index contributed by atoms with van der Waals surface area (Å²) in [4.78, 5) is 4.00. The standard InChI is InChI=1S/C9H9BrN2O/c10-9-5-4-8(13)7(12-9)3-1-2-6-11/h4-5,13H,2,6,11H2. The summed E-state index contributed by atoms with van der Waals surface area (Å²) in [7, 11) is 0. The molecule has 0 aliphatic rings. The Morgan fingerprint density at radius 3 is 3.00 bits per heavy atom. The lowest BCUT2D eigenvalue weighted by atomic mass is 10.3. The van der Waals surface area contributed by atoms with E-state index in [0.29, 0.717) is 23.3 Å². The molecule has 3 nitrogen and oxygen atoms in total. The van der Waals surface area contributed by atoms with Crippen LogP contribution in [0.25, 0.3) is 0 Å². The van der Waals surface area contributed by atoms with Gasteiger partial charge in [-0.25, -0.2) is 4.98 Å². The molecule has 0 aliphatic heterocycles. The van der Waals surface area contributed by atoms with E-state index in [1.54, 1.807) is 12.1 Å². The van der Waals surface area contributed by atoms with E-state index in [2.05, 4.69) is 32.8 Å². The second-order valence-electron chi connectivity index (χ2n) is 2.34. The molecule has 3 N–H and O–H groups in total. The molecule has 4 heteroatoms. The normalized spacial score (nSPS) is 9.08. The van der Waals surface area contributed by atoms with E-state index in [-0.39, 0.29) is 5.75 Å². The maximum absolute atomic E-state index is 9.32. The topological polar surface area (TPSA) is 59.1 Å². The number of hydrogen-bond donors (Lipinski definition) is 2. The second kappa shape index (κ2) is 4.85. The van der Waals surface area contributed by atoms with Crippen molar-refractivity contribution >= 4 is 15.9 Å². The van der Waals surface area contributed by atoms with Gasteiger partial charge in [0.25, 0.3) is 0 Å². The number of hydrogen-bond acceptors (Lipinski definition) is 3. The quantitative estimate of drug-likeness (QED) is 0.574. The van der Waals surface area contributed by atoms with Gasteiger partial charge in [0.1, 0.15) is 10.4 Å². The van der Waals surface area contributed by atoms with Crippen LogP contribution >= 0.6 is 15.9 Å². The van der Waals surface area contributed by atoms with E-state index in [9.17, 15) is 5.11 Å². The Bertz CT molecular complexity index is 354. The molecule has 0 saturated carbocycles. The van der Waals surface area contributed by atoms with Crippen LogP contribution in [0.5, 0.6) is 5.75 Å². The van der Waals surface area contributed by atoms with Gasteiger partial charge in [0.2, 0.25) is 0 Å². The molecule has 0 spiro atoms. The van der Waals surface area contributed by atoms with E-state index in [1.807, 2.05) is 0 Å². The number of nitrogens with two attached hydrogens (primary N) is 1. The lowest BCUT2D eigenvalue weighted by Gasteiger charge is -1.95. The highest BCUT2D eigenvalue weighted by Gasteiger charge is 1.98. The summed E-state index contributed by atoms with van der Waals surface area (Å²) in [5, 5.41) is 9.32. The lowest BCUT2D eigenvalue weighted by Crippen LogP contribution is -1.95. The Balaban J connectivity index is 2.89. The Hall–Kier alpha value is -1.05. The number of rotatable bonds is 1. The predicted octanol–water partition coefficient (Wildman–Crippen LogP) is 1.25. The van der Waals surface area contributed by atoms with Crippen LogP contribution in [0.3, 0.4) is 0 Å². The van der Waals surface area contributed by atoms with Crippen molar-refractivity contribution in [2.45, 2.75) is 6.42 Å². The molecule has 1 rings (SSSR count). The van der Waals surface area contributed by atoms with Crippen molar-refractivity contribution in [3.05, 3.63) is 22.4 Å². The first kappa shape index (κ1) is 10.0. The average molecular weight is 241 g/mol. The van der Waals surface area contributed by atoms with Gasteiger partial charge in [0, 0.05) is 13.0 Å². The Kier molecular flexibility index (Phi) is 3.74. The number of nitrogens with zero attached hydrogens (tertiary/aromatic N) is 1. The molecule has 0 aliphatic carbocycles. The fourth-order valence-corrected chi connectivity index (χ4v) is 1.05. The SMILES string of the molecule is NCCC#Cc1nc(Br)ccc1O. The number of aromatic nitrogens is 1. The number of pyridine rings is 1. The third kappa shape index (κ3) is 3.05. The Morgan fingerprint density at radius 2 is 2.31 bits per heavy atom. The van der Waals surface area contributed by atoms with Crippen LogP contribution in [0.2, 0.25) is 0 Å². The highest BCUT2D eigenvalue weighted by atomic mass is 79.9. The average Bonchev–Trinajstić information content (AvgIpc) is 2.11. The molecule has 68 valence electrons. The monoisotopic (exact) mass is 240 g/mol. The fraction of sp³-hybridized carbons (Fsp3) is 0.222. The summed E-state index contributed by atoms with van der Waals surface area (Å²) in [5.41, 5.74) is 5.64. The third-order valence-electron chi connectivity index (χ3n) is 1.32. The highest BCUT2D eigenvalue weighted by Crippen LogP contribution is 2.16. The molecule has 0 unspecified atom stereocenters. The highest BCUT2D eigenvalue weighted by molar-refractivity contribution is 9.10. The summed E-state index contributed by atoms with van der Waals surface area (Å²) < 4.78 is 0.655. The van der Waals surface area contributed by atoms with Crippen molar-refractivity contribution in [3.63, 3.8) is 0 Å². The van der Waals surface area contributed by atoms with Crippen LogP contribution in [-0.2, 0) is 0 Å². The summed E-state index contributed by atoms with van der Waals surface area (Å²) in [5.74, 6) is 5.63. The first-order chi connectivity index (χ1) is 6.24. The largest absolute Gasteiger partial charge is 0.505 e. The van der Waals surface area contributed by atoms with Crippen molar-refractivity contribution in [3.8, 4) is 17.6 Å². The minimum Gasteiger partial charge on any atom is -0.505 e.